The molecule has 0 saturated heterocycles. The first-order chi connectivity index (χ1) is 35.0. The Hall–Kier alpha value is -1.02. The van der Waals surface area contributed by atoms with E-state index in [1.165, 1.54) is 250 Å². The molecule has 0 spiro atoms. The number of nitrogens with zero attached hydrogens (tertiary/aromatic N) is 1. The number of quaternary nitrogens is 1. The summed E-state index contributed by atoms with van der Waals surface area (Å²) in [4.78, 5) is 25.4. The molecule has 2 N–H and O–H groups in total. The number of rotatable bonds is 59. The normalized spacial score (nSPS) is 13.9. The fraction of sp³-hybridized carbons (Fsp3) is 0.921. The first-order valence-corrected chi connectivity index (χ1v) is 33.1. The lowest BCUT2D eigenvalue weighted by Crippen LogP contribution is -2.46. The number of nitrogens with one attached hydrogen (secondary N) is 1. The van der Waals surface area contributed by atoms with E-state index in [9.17, 15) is 19.4 Å². The second kappa shape index (κ2) is 54.8. The number of carbonyl (C=O) groups is 1. The second-order valence-electron chi connectivity index (χ2n) is 23.1. The van der Waals surface area contributed by atoms with Crippen LogP contribution < -0.4 is 10.2 Å². The lowest BCUT2D eigenvalue weighted by atomic mass is 10.0. The summed E-state index contributed by atoms with van der Waals surface area (Å²) in [5.41, 5.74) is 0. The maximum Gasteiger partial charge on any atom is 0.268 e. The second-order valence-corrected chi connectivity index (χ2v) is 24.5. The van der Waals surface area contributed by atoms with E-state index in [4.69, 9.17) is 9.05 Å². The van der Waals surface area contributed by atoms with Crippen LogP contribution in [0, 0.1) is 0 Å². The highest BCUT2D eigenvalue weighted by molar-refractivity contribution is 7.45. The van der Waals surface area contributed by atoms with Crippen molar-refractivity contribution in [3.05, 3.63) is 24.3 Å². The van der Waals surface area contributed by atoms with E-state index in [0.29, 0.717) is 23.9 Å². The standard InChI is InChI=1S/C63H125N2O6P/c1-6-8-10-12-14-16-17-18-19-20-21-22-23-24-25-26-27-28-29-30-31-32-33-34-35-36-37-38-39-40-41-42-43-44-45-46-47-49-51-53-55-57-63(67)64-61(60-71-72(68,69)70-59-58-65(3,4)5)62(66)56-54-52-50-48-15-13-11-9-7-2/h17-18,20-21,61-62,66H,6-16,19,22-60H2,1-5H3,(H-,64,67,68,69)/b18-17-,21-20-. The van der Waals surface area contributed by atoms with Gasteiger partial charge in [-0.1, -0.05) is 295 Å². The summed E-state index contributed by atoms with van der Waals surface area (Å²) in [6.45, 7) is 4.71. The molecular formula is C63H125N2O6P. The topological polar surface area (TPSA) is 108 Å². The van der Waals surface area contributed by atoms with Gasteiger partial charge in [0.05, 0.1) is 39.9 Å². The number of likely N-dealkylation sites (N-methyl/N-ethyl adjacent to an activating group) is 1. The van der Waals surface area contributed by atoms with Crippen molar-refractivity contribution < 1.29 is 32.9 Å². The number of aliphatic hydroxyl groups excluding tert-OH is 1. The van der Waals surface area contributed by atoms with Crippen LogP contribution in [0.2, 0.25) is 0 Å². The van der Waals surface area contributed by atoms with E-state index < -0.39 is 20.0 Å². The van der Waals surface area contributed by atoms with Gasteiger partial charge in [0.15, 0.2) is 0 Å². The third-order valence-electron chi connectivity index (χ3n) is 14.7. The minimum absolute atomic E-state index is 0.0148. The SMILES string of the molecule is CCCCCCC/C=C\C/C=C\CCCCCCCCCCCCCCCCCCCCCCCCCCCCCCCC(=O)NC(COP(=O)([O-])OCC[N+](C)(C)C)C(O)CCCCCCCCCCC. The Morgan fingerprint density at radius 2 is 0.806 bits per heavy atom. The van der Waals surface area contributed by atoms with Crippen molar-refractivity contribution in [2.75, 3.05) is 40.9 Å². The summed E-state index contributed by atoms with van der Waals surface area (Å²) < 4.78 is 23.3. The molecule has 0 aliphatic heterocycles. The van der Waals surface area contributed by atoms with Gasteiger partial charge in [-0.3, -0.25) is 9.36 Å². The number of amides is 1. The lowest BCUT2D eigenvalue weighted by Gasteiger charge is -2.30. The van der Waals surface area contributed by atoms with E-state index >= 15 is 0 Å². The van der Waals surface area contributed by atoms with Gasteiger partial charge < -0.3 is 28.8 Å². The molecule has 0 aromatic carbocycles. The minimum Gasteiger partial charge on any atom is -0.756 e. The molecule has 8 nitrogen and oxygen atoms in total. The highest BCUT2D eigenvalue weighted by Crippen LogP contribution is 2.38. The van der Waals surface area contributed by atoms with Crippen LogP contribution in [0.1, 0.15) is 322 Å². The maximum atomic E-state index is 12.9. The molecule has 0 saturated carbocycles. The molecule has 1 amide bonds. The average molecular weight is 1040 g/mol. The number of hydrogen-bond donors (Lipinski definition) is 2. The van der Waals surface area contributed by atoms with Crippen LogP contribution in [0.3, 0.4) is 0 Å². The zero-order chi connectivity index (χ0) is 52.7. The number of unbranched alkanes of at least 4 members (excludes halogenated alkanes) is 42. The van der Waals surface area contributed by atoms with Crippen LogP contribution in [-0.2, 0) is 18.4 Å². The zero-order valence-electron chi connectivity index (χ0n) is 48.9. The predicted octanol–water partition coefficient (Wildman–Crippen LogP) is 18.9. The molecule has 72 heavy (non-hydrogen) atoms. The molecule has 3 atom stereocenters. The first-order valence-electron chi connectivity index (χ1n) is 31.7. The number of allylic oxidation sites excluding steroid dienone is 4. The minimum atomic E-state index is -4.56. The molecule has 428 valence electrons. The number of carbonyl (C=O) groups excluding carboxylic acids is 1. The third-order valence-corrected chi connectivity index (χ3v) is 15.7. The van der Waals surface area contributed by atoms with Crippen molar-refractivity contribution in [3.63, 3.8) is 0 Å². The van der Waals surface area contributed by atoms with E-state index in [0.717, 1.165) is 44.9 Å². The smallest absolute Gasteiger partial charge is 0.268 e. The number of phosphoric acid groups is 1. The molecule has 0 rings (SSSR count). The third kappa shape index (κ3) is 56.7. The van der Waals surface area contributed by atoms with Crippen LogP contribution >= 0.6 is 7.82 Å². The quantitative estimate of drug-likeness (QED) is 0.0272. The molecule has 0 aromatic heterocycles. The van der Waals surface area contributed by atoms with E-state index in [1.54, 1.807) is 0 Å². The van der Waals surface area contributed by atoms with Crippen LogP contribution in [-0.4, -0.2) is 68.5 Å². The summed E-state index contributed by atoms with van der Waals surface area (Å²) in [5, 5.41) is 13.9. The first kappa shape index (κ1) is 71.0. The molecular weight excluding hydrogens is 912 g/mol. The molecule has 0 radical (unpaired) electrons. The highest BCUT2D eigenvalue weighted by Gasteiger charge is 2.24. The summed E-state index contributed by atoms with van der Waals surface area (Å²) in [5.74, 6) is -0.161. The molecule has 0 aliphatic carbocycles. The van der Waals surface area contributed by atoms with Gasteiger partial charge in [-0.25, -0.2) is 0 Å². The Bertz CT molecular complexity index is 1220. The van der Waals surface area contributed by atoms with Crippen LogP contribution in [0.4, 0.5) is 0 Å². The molecule has 0 aliphatic rings. The average Bonchev–Trinajstić information content (AvgIpc) is 3.34. The number of aliphatic hydroxyl groups is 1. The molecule has 0 heterocycles. The van der Waals surface area contributed by atoms with Crippen molar-refractivity contribution in [2.45, 2.75) is 334 Å². The van der Waals surface area contributed by atoms with E-state index in [1.807, 2.05) is 21.1 Å². The van der Waals surface area contributed by atoms with Crippen molar-refractivity contribution in [1.29, 1.82) is 0 Å². The van der Waals surface area contributed by atoms with Gasteiger partial charge in [0.2, 0.25) is 5.91 Å². The van der Waals surface area contributed by atoms with Gasteiger partial charge in [0, 0.05) is 6.42 Å². The van der Waals surface area contributed by atoms with Gasteiger partial charge in [-0.2, -0.15) is 0 Å². The van der Waals surface area contributed by atoms with Crippen LogP contribution in [0.15, 0.2) is 24.3 Å². The lowest BCUT2D eigenvalue weighted by molar-refractivity contribution is -0.870. The van der Waals surface area contributed by atoms with Crippen LogP contribution in [0.25, 0.3) is 0 Å². The van der Waals surface area contributed by atoms with Crippen molar-refractivity contribution >= 4 is 13.7 Å². The predicted molar refractivity (Wildman–Crippen MR) is 312 cm³/mol. The maximum absolute atomic E-state index is 12.9. The summed E-state index contributed by atoms with van der Waals surface area (Å²) >= 11 is 0. The van der Waals surface area contributed by atoms with Gasteiger partial charge in [-0.05, 0) is 44.9 Å². The van der Waals surface area contributed by atoms with Crippen LogP contribution in [0.5, 0.6) is 0 Å². The Kier molecular flexibility index (Phi) is 54.0. The van der Waals surface area contributed by atoms with Crippen molar-refractivity contribution in [1.82, 2.24) is 5.32 Å². The monoisotopic (exact) mass is 1040 g/mol. The molecule has 0 fully saturated rings. The Balaban J connectivity index is 3.72. The largest absolute Gasteiger partial charge is 0.756 e. The van der Waals surface area contributed by atoms with Gasteiger partial charge in [-0.15, -0.1) is 0 Å². The van der Waals surface area contributed by atoms with E-state index in [-0.39, 0.29) is 19.1 Å². The Labute approximate surface area is 449 Å². The summed E-state index contributed by atoms with van der Waals surface area (Å²) in [6, 6.07) is -0.795. The fourth-order valence-electron chi connectivity index (χ4n) is 9.72. The summed E-state index contributed by atoms with van der Waals surface area (Å²) in [7, 11) is 1.32. The molecule has 3 unspecified atom stereocenters. The van der Waals surface area contributed by atoms with E-state index in [2.05, 4.69) is 43.5 Å². The van der Waals surface area contributed by atoms with Gasteiger partial charge in [0.1, 0.15) is 13.2 Å². The molecule has 9 heteroatoms. The zero-order valence-corrected chi connectivity index (χ0v) is 49.8. The highest BCUT2D eigenvalue weighted by atomic mass is 31.2. The van der Waals surface area contributed by atoms with Gasteiger partial charge in [0.25, 0.3) is 7.82 Å². The Morgan fingerprint density at radius 3 is 1.15 bits per heavy atom. The summed E-state index contributed by atoms with van der Waals surface area (Å²) in [6.07, 6.45) is 69.9. The van der Waals surface area contributed by atoms with Crippen molar-refractivity contribution in [2.24, 2.45) is 0 Å². The Morgan fingerprint density at radius 1 is 0.486 bits per heavy atom. The fourth-order valence-corrected chi connectivity index (χ4v) is 10.4. The number of hydrogen-bond acceptors (Lipinski definition) is 6. The van der Waals surface area contributed by atoms with Gasteiger partial charge >= 0.3 is 0 Å². The van der Waals surface area contributed by atoms with Crippen molar-refractivity contribution in [3.8, 4) is 0 Å². The number of phosphoric ester groups is 1. The molecule has 0 aromatic rings. The molecule has 0 bridgehead atoms.